The van der Waals surface area contributed by atoms with Crippen molar-refractivity contribution in [2.45, 2.75) is 20.4 Å². The van der Waals surface area contributed by atoms with Crippen LogP contribution in [-0.2, 0) is 11.3 Å². The van der Waals surface area contributed by atoms with Crippen LogP contribution >= 0.6 is 0 Å². The zero-order valence-electron chi connectivity index (χ0n) is 15.7. The highest BCUT2D eigenvalue weighted by Crippen LogP contribution is 2.23. The normalized spacial score (nSPS) is 11.6. The number of hydrogen-bond donors (Lipinski definition) is 0. The van der Waals surface area contributed by atoms with Gasteiger partial charge in [-0.15, -0.1) is 0 Å². The molecule has 2 aromatic heterocycles. The Bertz CT molecular complexity index is 1000. The Balaban J connectivity index is 2.00. The standard InChI is InChI=1S/C19H24N4O3/c1-5-22(9-8-21(3)4)17(24)12-23-18-14-10-13(2)6-7-16(14)26-19(25)15(18)11-20-23/h6-7,10-11H,5,8-9,12H2,1-4H3. The summed E-state index contributed by atoms with van der Waals surface area (Å²) in [6.45, 7) is 6.12. The summed E-state index contributed by atoms with van der Waals surface area (Å²) in [6.07, 6.45) is 1.48. The Morgan fingerprint density at radius 3 is 2.69 bits per heavy atom. The van der Waals surface area contributed by atoms with Crippen LogP contribution < -0.4 is 5.63 Å². The molecule has 0 fully saturated rings. The molecule has 0 bridgehead atoms. The predicted molar refractivity (Wildman–Crippen MR) is 101 cm³/mol. The Hall–Kier alpha value is -2.67. The highest BCUT2D eigenvalue weighted by atomic mass is 16.4. The average molecular weight is 356 g/mol. The van der Waals surface area contributed by atoms with Crippen molar-refractivity contribution in [2.75, 3.05) is 33.7 Å². The van der Waals surface area contributed by atoms with Crippen molar-refractivity contribution in [3.8, 4) is 0 Å². The summed E-state index contributed by atoms with van der Waals surface area (Å²) < 4.78 is 6.98. The van der Waals surface area contributed by atoms with E-state index in [1.807, 2.05) is 45.0 Å². The lowest BCUT2D eigenvalue weighted by molar-refractivity contribution is -0.131. The molecule has 26 heavy (non-hydrogen) atoms. The molecule has 0 spiro atoms. The van der Waals surface area contributed by atoms with Gasteiger partial charge in [0.15, 0.2) is 0 Å². The van der Waals surface area contributed by atoms with E-state index >= 15 is 0 Å². The van der Waals surface area contributed by atoms with Gasteiger partial charge >= 0.3 is 5.63 Å². The summed E-state index contributed by atoms with van der Waals surface area (Å²) in [7, 11) is 3.96. The molecule has 0 aliphatic carbocycles. The first-order chi connectivity index (χ1) is 12.4. The molecule has 7 heteroatoms. The van der Waals surface area contributed by atoms with Gasteiger partial charge in [0.1, 0.15) is 17.5 Å². The molecular formula is C19H24N4O3. The average Bonchev–Trinajstić information content (AvgIpc) is 3.00. The molecule has 0 aliphatic heterocycles. The van der Waals surface area contributed by atoms with Crippen molar-refractivity contribution in [1.29, 1.82) is 0 Å². The molecule has 0 unspecified atom stereocenters. The van der Waals surface area contributed by atoms with Gasteiger partial charge in [0, 0.05) is 25.0 Å². The summed E-state index contributed by atoms with van der Waals surface area (Å²) in [5.41, 5.74) is 1.77. The molecule has 0 aliphatic rings. The highest BCUT2D eigenvalue weighted by Gasteiger charge is 2.18. The number of aromatic nitrogens is 2. The molecule has 0 N–H and O–H groups in total. The minimum absolute atomic E-state index is 0.0200. The Labute approximate surface area is 151 Å². The second kappa shape index (κ2) is 7.29. The van der Waals surface area contributed by atoms with Gasteiger partial charge in [0.25, 0.3) is 0 Å². The first-order valence-electron chi connectivity index (χ1n) is 8.72. The Morgan fingerprint density at radius 1 is 1.23 bits per heavy atom. The van der Waals surface area contributed by atoms with Crippen molar-refractivity contribution in [3.63, 3.8) is 0 Å². The fourth-order valence-electron chi connectivity index (χ4n) is 3.02. The van der Waals surface area contributed by atoms with Crippen molar-refractivity contribution in [2.24, 2.45) is 0 Å². The predicted octanol–water partition coefficient (Wildman–Crippen LogP) is 1.86. The first kappa shape index (κ1) is 18.1. The number of carbonyl (C=O) groups is 1. The molecule has 7 nitrogen and oxygen atoms in total. The van der Waals surface area contributed by atoms with Crippen LogP contribution in [0.5, 0.6) is 0 Å². The van der Waals surface area contributed by atoms with Crippen LogP contribution in [0.1, 0.15) is 12.5 Å². The highest BCUT2D eigenvalue weighted by molar-refractivity contribution is 6.02. The topological polar surface area (TPSA) is 71.6 Å². The van der Waals surface area contributed by atoms with Gasteiger partial charge < -0.3 is 14.2 Å². The van der Waals surface area contributed by atoms with E-state index in [1.54, 1.807) is 15.6 Å². The van der Waals surface area contributed by atoms with Crippen LogP contribution in [0.25, 0.3) is 21.9 Å². The molecule has 1 amide bonds. The van der Waals surface area contributed by atoms with Crippen molar-refractivity contribution in [3.05, 3.63) is 40.4 Å². The van der Waals surface area contributed by atoms with Crippen LogP contribution in [0.15, 0.2) is 33.6 Å². The zero-order valence-corrected chi connectivity index (χ0v) is 15.7. The van der Waals surface area contributed by atoms with Gasteiger partial charge in [-0.1, -0.05) is 11.6 Å². The zero-order chi connectivity index (χ0) is 18.8. The lowest BCUT2D eigenvalue weighted by Crippen LogP contribution is -2.38. The summed E-state index contributed by atoms with van der Waals surface area (Å²) in [5, 5.41) is 5.48. The van der Waals surface area contributed by atoms with Gasteiger partial charge in [-0.3, -0.25) is 9.48 Å². The van der Waals surface area contributed by atoms with E-state index in [0.717, 1.165) is 17.5 Å². The third kappa shape index (κ3) is 3.48. The number of hydrogen-bond acceptors (Lipinski definition) is 5. The minimum Gasteiger partial charge on any atom is -0.422 e. The minimum atomic E-state index is -0.435. The number of likely N-dealkylation sites (N-methyl/N-ethyl adjacent to an activating group) is 2. The summed E-state index contributed by atoms with van der Waals surface area (Å²) in [5.74, 6) is -0.0200. The molecule has 0 saturated carbocycles. The molecule has 3 aromatic rings. The van der Waals surface area contributed by atoms with E-state index in [2.05, 4.69) is 5.10 Å². The number of amides is 1. The molecular weight excluding hydrogens is 332 g/mol. The summed E-state index contributed by atoms with van der Waals surface area (Å²) in [6, 6.07) is 5.62. The van der Waals surface area contributed by atoms with Crippen LogP contribution in [0, 0.1) is 6.92 Å². The molecule has 3 rings (SSSR count). The van der Waals surface area contributed by atoms with Crippen molar-refractivity contribution in [1.82, 2.24) is 19.6 Å². The van der Waals surface area contributed by atoms with Crippen LogP contribution in [0.2, 0.25) is 0 Å². The van der Waals surface area contributed by atoms with Gasteiger partial charge in [-0.2, -0.15) is 5.10 Å². The van der Waals surface area contributed by atoms with Crippen LogP contribution in [-0.4, -0.2) is 59.2 Å². The molecule has 0 atom stereocenters. The summed E-state index contributed by atoms with van der Waals surface area (Å²) >= 11 is 0. The number of aryl methyl sites for hydroxylation is 1. The molecule has 2 heterocycles. The number of benzene rings is 1. The van der Waals surface area contributed by atoms with Gasteiger partial charge in [0.05, 0.1) is 11.7 Å². The molecule has 0 radical (unpaired) electrons. The first-order valence-corrected chi connectivity index (χ1v) is 8.72. The quantitative estimate of drug-likeness (QED) is 0.631. The maximum Gasteiger partial charge on any atom is 0.347 e. The van der Waals surface area contributed by atoms with Crippen molar-refractivity contribution < 1.29 is 9.21 Å². The number of fused-ring (bicyclic) bond motifs is 3. The van der Waals surface area contributed by atoms with E-state index in [-0.39, 0.29) is 12.5 Å². The molecule has 0 saturated heterocycles. The van der Waals surface area contributed by atoms with Gasteiger partial charge in [-0.25, -0.2) is 4.79 Å². The fourth-order valence-corrected chi connectivity index (χ4v) is 3.02. The molecule has 138 valence electrons. The largest absolute Gasteiger partial charge is 0.422 e. The van der Waals surface area contributed by atoms with Crippen molar-refractivity contribution >= 4 is 27.8 Å². The third-order valence-electron chi connectivity index (χ3n) is 4.49. The second-order valence-corrected chi connectivity index (χ2v) is 6.73. The van der Waals surface area contributed by atoms with E-state index in [9.17, 15) is 9.59 Å². The number of nitrogens with zero attached hydrogens (tertiary/aromatic N) is 4. The molecule has 1 aromatic carbocycles. The van der Waals surface area contributed by atoms with E-state index in [0.29, 0.717) is 29.6 Å². The van der Waals surface area contributed by atoms with E-state index in [4.69, 9.17) is 4.42 Å². The fraction of sp³-hybridized carbons (Fsp3) is 0.421. The summed E-state index contributed by atoms with van der Waals surface area (Å²) in [4.78, 5) is 28.8. The van der Waals surface area contributed by atoms with E-state index in [1.165, 1.54) is 6.20 Å². The number of rotatable bonds is 6. The maximum absolute atomic E-state index is 12.7. The number of carbonyl (C=O) groups excluding carboxylic acids is 1. The van der Waals surface area contributed by atoms with Gasteiger partial charge in [-0.05, 0) is 40.1 Å². The van der Waals surface area contributed by atoms with Crippen LogP contribution in [0.3, 0.4) is 0 Å². The lowest BCUT2D eigenvalue weighted by atomic mass is 10.1. The Morgan fingerprint density at radius 2 is 2.00 bits per heavy atom. The van der Waals surface area contributed by atoms with Gasteiger partial charge in [0.2, 0.25) is 5.91 Å². The third-order valence-corrected chi connectivity index (χ3v) is 4.49. The van der Waals surface area contributed by atoms with Crippen LogP contribution in [0.4, 0.5) is 0 Å². The monoisotopic (exact) mass is 356 g/mol. The SMILES string of the molecule is CCN(CCN(C)C)C(=O)Cn1ncc2c(=O)oc3ccc(C)cc3c21. The second-order valence-electron chi connectivity index (χ2n) is 6.73. The smallest absolute Gasteiger partial charge is 0.347 e. The maximum atomic E-state index is 12.7. The Kier molecular flexibility index (Phi) is 5.08. The lowest BCUT2D eigenvalue weighted by Gasteiger charge is -2.23. The van der Waals surface area contributed by atoms with E-state index < -0.39 is 5.63 Å².